The summed E-state index contributed by atoms with van der Waals surface area (Å²) in [6.45, 7) is 1.50. The normalized spacial score (nSPS) is 12.1. The number of fused-ring (bicyclic) bond motifs is 1. The molecule has 1 N–H and O–H groups in total. The summed E-state index contributed by atoms with van der Waals surface area (Å²) in [7, 11) is 1.60. The molecule has 0 aliphatic heterocycles. The summed E-state index contributed by atoms with van der Waals surface area (Å²) in [5, 5.41) is 4.38. The van der Waals surface area contributed by atoms with E-state index in [1.54, 1.807) is 31.5 Å². The lowest BCUT2D eigenvalue weighted by atomic mass is 9.89. The lowest BCUT2D eigenvalue weighted by Gasteiger charge is -2.17. The number of rotatable bonds is 9. The zero-order chi connectivity index (χ0) is 23.2. The van der Waals surface area contributed by atoms with E-state index in [0.717, 1.165) is 27.6 Å². The van der Waals surface area contributed by atoms with Crippen LogP contribution in [0.15, 0.2) is 73.1 Å². The number of pyridine rings is 1. The van der Waals surface area contributed by atoms with E-state index in [4.69, 9.17) is 16.3 Å². The second-order valence-corrected chi connectivity index (χ2v) is 8.26. The largest absolute Gasteiger partial charge is 0.383 e. The van der Waals surface area contributed by atoms with E-state index >= 15 is 0 Å². The number of hydrogen-bond donors (Lipinski definition) is 1. The summed E-state index contributed by atoms with van der Waals surface area (Å²) in [5.74, 6) is -0.536. The number of carbonyl (C=O) groups is 1. The number of nitrogens with zero attached hydrogens (tertiary/aromatic N) is 2. The number of aromatic nitrogens is 2. The van der Waals surface area contributed by atoms with E-state index in [2.05, 4.69) is 33.2 Å². The van der Waals surface area contributed by atoms with Crippen LogP contribution in [-0.2, 0) is 16.1 Å². The Morgan fingerprint density at radius 3 is 2.67 bits per heavy atom. The number of methoxy groups -OCH3 is 1. The van der Waals surface area contributed by atoms with E-state index in [1.165, 1.54) is 12.1 Å². The van der Waals surface area contributed by atoms with Crippen molar-refractivity contribution in [3.8, 4) is 0 Å². The van der Waals surface area contributed by atoms with Gasteiger partial charge in [-0.1, -0.05) is 48.0 Å². The van der Waals surface area contributed by atoms with Crippen LogP contribution in [0.5, 0.6) is 0 Å². The van der Waals surface area contributed by atoms with Gasteiger partial charge in [-0.25, -0.2) is 9.37 Å². The average Bonchev–Trinajstić information content (AvgIpc) is 3.18. The molecule has 4 rings (SSSR count). The van der Waals surface area contributed by atoms with E-state index in [0.29, 0.717) is 24.8 Å². The molecule has 1 amide bonds. The first-order chi connectivity index (χ1) is 16.0. The van der Waals surface area contributed by atoms with E-state index in [-0.39, 0.29) is 24.1 Å². The second kappa shape index (κ2) is 10.6. The van der Waals surface area contributed by atoms with Gasteiger partial charge in [-0.15, -0.1) is 0 Å². The highest BCUT2D eigenvalue weighted by Crippen LogP contribution is 2.35. The fourth-order valence-corrected chi connectivity index (χ4v) is 4.13. The molecule has 33 heavy (non-hydrogen) atoms. The van der Waals surface area contributed by atoms with Crippen molar-refractivity contribution in [2.45, 2.75) is 18.9 Å². The van der Waals surface area contributed by atoms with Gasteiger partial charge < -0.3 is 14.6 Å². The zero-order valence-electron chi connectivity index (χ0n) is 18.3. The molecule has 0 bridgehead atoms. The van der Waals surface area contributed by atoms with E-state index < -0.39 is 0 Å². The maximum atomic E-state index is 13.4. The Kier molecular flexibility index (Phi) is 7.37. The Hall–Kier alpha value is -3.22. The van der Waals surface area contributed by atoms with Gasteiger partial charge in [-0.2, -0.15) is 0 Å². The highest BCUT2D eigenvalue weighted by molar-refractivity contribution is 6.29. The van der Waals surface area contributed by atoms with Gasteiger partial charge in [0, 0.05) is 55.8 Å². The predicted octanol–water partition coefficient (Wildman–Crippen LogP) is 5.16. The molecule has 0 aliphatic rings. The molecule has 0 saturated heterocycles. The van der Waals surface area contributed by atoms with Gasteiger partial charge in [-0.3, -0.25) is 4.79 Å². The third kappa shape index (κ3) is 5.59. The quantitative estimate of drug-likeness (QED) is 0.274. The molecular formula is C26H25ClFN3O2. The van der Waals surface area contributed by atoms with Crippen molar-refractivity contribution >= 4 is 28.4 Å². The first kappa shape index (κ1) is 23.0. The third-order valence-corrected chi connectivity index (χ3v) is 5.86. The number of nitrogens with one attached hydrogen (secondary N) is 1. The van der Waals surface area contributed by atoms with Crippen molar-refractivity contribution in [1.82, 2.24) is 14.9 Å². The molecule has 1 atom stereocenters. The summed E-state index contributed by atoms with van der Waals surface area (Å²) >= 11 is 6.02. The van der Waals surface area contributed by atoms with Crippen molar-refractivity contribution in [3.63, 3.8) is 0 Å². The van der Waals surface area contributed by atoms with Crippen LogP contribution in [0.1, 0.15) is 29.0 Å². The molecule has 7 heteroatoms. The van der Waals surface area contributed by atoms with Gasteiger partial charge in [0.2, 0.25) is 5.91 Å². The molecule has 170 valence electrons. The Labute approximate surface area is 197 Å². The fourth-order valence-electron chi connectivity index (χ4n) is 4.02. The molecule has 4 aromatic rings. The van der Waals surface area contributed by atoms with Crippen molar-refractivity contribution in [2.75, 3.05) is 20.3 Å². The number of halogens is 2. The van der Waals surface area contributed by atoms with Gasteiger partial charge in [-0.05, 0) is 41.0 Å². The SMILES string of the molecule is COCCNC(=O)CC(c1ccc(Cl)nc1)c1cn(Cc2ccc(F)cc2)c2ccccc12. The summed E-state index contributed by atoms with van der Waals surface area (Å²) in [5.41, 5.74) is 3.97. The molecule has 2 heterocycles. The van der Waals surface area contributed by atoms with Crippen LogP contribution in [0.4, 0.5) is 4.39 Å². The van der Waals surface area contributed by atoms with Crippen LogP contribution < -0.4 is 5.32 Å². The Morgan fingerprint density at radius 2 is 1.94 bits per heavy atom. The predicted molar refractivity (Wildman–Crippen MR) is 128 cm³/mol. The van der Waals surface area contributed by atoms with Crippen LogP contribution in [0, 0.1) is 5.82 Å². The minimum absolute atomic E-state index is 0.0673. The van der Waals surface area contributed by atoms with Crippen LogP contribution in [0.3, 0.4) is 0 Å². The Balaban J connectivity index is 1.73. The summed E-state index contributed by atoms with van der Waals surface area (Å²) in [4.78, 5) is 17.0. The average molecular weight is 466 g/mol. The molecule has 0 spiro atoms. The van der Waals surface area contributed by atoms with Crippen LogP contribution >= 0.6 is 11.6 Å². The Morgan fingerprint density at radius 1 is 1.15 bits per heavy atom. The first-order valence-corrected chi connectivity index (χ1v) is 11.1. The molecule has 0 radical (unpaired) electrons. The topological polar surface area (TPSA) is 56.1 Å². The molecule has 2 aromatic heterocycles. The standard InChI is InChI=1S/C26H25ClFN3O2/c1-33-13-12-29-26(32)14-22(19-8-11-25(27)30-15-19)23-17-31(24-5-3-2-4-21(23)24)16-18-6-9-20(28)10-7-18/h2-11,15,17,22H,12-14,16H2,1H3,(H,29,32). The van der Waals surface area contributed by atoms with Crippen molar-refractivity contribution in [1.29, 1.82) is 0 Å². The lowest BCUT2D eigenvalue weighted by molar-refractivity contribution is -0.121. The van der Waals surface area contributed by atoms with Crippen molar-refractivity contribution < 1.29 is 13.9 Å². The highest BCUT2D eigenvalue weighted by Gasteiger charge is 2.23. The van der Waals surface area contributed by atoms with Crippen molar-refractivity contribution in [2.24, 2.45) is 0 Å². The number of ether oxygens (including phenoxy) is 1. The monoisotopic (exact) mass is 465 g/mol. The van der Waals surface area contributed by atoms with Gasteiger partial charge in [0.25, 0.3) is 0 Å². The Bertz CT molecular complexity index is 1220. The molecule has 0 saturated carbocycles. The van der Waals surface area contributed by atoms with Gasteiger partial charge >= 0.3 is 0 Å². The summed E-state index contributed by atoms with van der Waals surface area (Å²) in [6.07, 6.45) is 4.06. The maximum absolute atomic E-state index is 13.4. The summed E-state index contributed by atoms with van der Waals surface area (Å²) < 4.78 is 20.5. The fraction of sp³-hybridized carbons (Fsp3) is 0.231. The van der Waals surface area contributed by atoms with E-state index in [1.807, 2.05) is 18.2 Å². The maximum Gasteiger partial charge on any atom is 0.221 e. The molecule has 1 unspecified atom stereocenters. The molecular weight excluding hydrogens is 441 g/mol. The van der Waals surface area contributed by atoms with Gasteiger partial charge in [0.1, 0.15) is 11.0 Å². The second-order valence-electron chi connectivity index (χ2n) is 7.87. The van der Waals surface area contributed by atoms with Crippen LogP contribution in [0.25, 0.3) is 10.9 Å². The minimum Gasteiger partial charge on any atom is -0.383 e. The molecule has 5 nitrogen and oxygen atoms in total. The van der Waals surface area contributed by atoms with Gasteiger partial charge in [0.05, 0.1) is 6.61 Å². The molecule has 0 aliphatic carbocycles. The number of benzene rings is 2. The molecule has 0 fully saturated rings. The summed E-state index contributed by atoms with van der Waals surface area (Å²) in [6, 6.07) is 18.2. The smallest absolute Gasteiger partial charge is 0.221 e. The number of carbonyl (C=O) groups excluding carboxylic acids is 1. The van der Waals surface area contributed by atoms with E-state index in [9.17, 15) is 9.18 Å². The van der Waals surface area contributed by atoms with Crippen LogP contribution in [-0.4, -0.2) is 35.7 Å². The first-order valence-electron chi connectivity index (χ1n) is 10.7. The number of amides is 1. The lowest BCUT2D eigenvalue weighted by Crippen LogP contribution is -2.28. The number of hydrogen-bond acceptors (Lipinski definition) is 3. The zero-order valence-corrected chi connectivity index (χ0v) is 19.1. The van der Waals surface area contributed by atoms with Crippen LogP contribution in [0.2, 0.25) is 5.15 Å². The van der Waals surface area contributed by atoms with Gasteiger partial charge in [0.15, 0.2) is 0 Å². The number of para-hydroxylation sites is 1. The minimum atomic E-state index is -0.258. The van der Waals surface area contributed by atoms with Crippen molar-refractivity contribution in [3.05, 3.63) is 101 Å². The highest BCUT2D eigenvalue weighted by atomic mass is 35.5. The third-order valence-electron chi connectivity index (χ3n) is 5.63. The molecule has 2 aromatic carbocycles.